The smallest absolute Gasteiger partial charge is 0.105 e. The first-order valence-electron chi connectivity index (χ1n) is 6.03. The summed E-state index contributed by atoms with van der Waals surface area (Å²) < 4.78 is 0. The Kier molecular flexibility index (Phi) is 4.04. The molecule has 2 rings (SSSR count). The lowest BCUT2D eigenvalue weighted by Crippen LogP contribution is -2.07. The van der Waals surface area contributed by atoms with Crippen LogP contribution in [0.5, 0.6) is 0 Å². The van der Waals surface area contributed by atoms with Gasteiger partial charge in [-0.15, -0.1) is 0 Å². The minimum Gasteiger partial charge on any atom is -0.324 e. The van der Waals surface area contributed by atoms with Crippen molar-refractivity contribution in [3.8, 4) is 0 Å². The Balaban J connectivity index is 2.37. The quantitative estimate of drug-likeness (QED) is 0.908. The topological polar surface area (TPSA) is 38.9 Å². The molecule has 0 saturated carbocycles. The van der Waals surface area contributed by atoms with Crippen LogP contribution in [-0.2, 0) is 0 Å². The fraction of sp³-hybridized carbons (Fsp3) is 0.267. The highest BCUT2D eigenvalue weighted by molar-refractivity contribution is 7.99. The van der Waals surface area contributed by atoms with E-state index in [2.05, 4.69) is 37.0 Å². The summed E-state index contributed by atoms with van der Waals surface area (Å²) in [7, 11) is 0. The molecule has 0 aliphatic carbocycles. The van der Waals surface area contributed by atoms with Crippen LogP contribution in [-0.4, -0.2) is 4.98 Å². The molecule has 1 atom stereocenters. The van der Waals surface area contributed by atoms with Crippen molar-refractivity contribution in [3.05, 3.63) is 53.2 Å². The summed E-state index contributed by atoms with van der Waals surface area (Å²) in [6, 6.07) is 10.5. The number of pyridine rings is 1. The van der Waals surface area contributed by atoms with E-state index in [0.29, 0.717) is 0 Å². The van der Waals surface area contributed by atoms with Crippen LogP contribution in [0.15, 0.2) is 46.5 Å². The predicted molar refractivity (Wildman–Crippen MR) is 76.9 cm³/mol. The number of nitrogens with zero attached hydrogens (tertiary/aromatic N) is 1. The zero-order chi connectivity index (χ0) is 13.1. The Morgan fingerprint density at radius 2 is 2.00 bits per heavy atom. The SMILES string of the molecule is Cc1ccc(C)c(Sc2ncccc2[C@@H](C)N)c1. The molecule has 94 valence electrons. The second-order valence-corrected chi connectivity index (χ2v) is 5.59. The molecule has 0 unspecified atom stereocenters. The Hall–Kier alpha value is -1.32. The van der Waals surface area contributed by atoms with Gasteiger partial charge in [0.05, 0.1) is 0 Å². The van der Waals surface area contributed by atoms with E-state index in [9.17, 15) is 0 Å². The van der Waals surface area contributed by atoms with Gasteiger partial charge in [0, 0.05) is 22.7 Å². The molecule has 2 aromatic rings. The van der Waals surface area contributed by atoms with Gasteiger partial charge in [0.25, 0.3) is 0 Å². The van der Waals surface area contributed by atoms with E-state index in [1.807, 2.05) is 25.3 Å². The maximum absolute atomic E-state index is 5.98. The van der Waals surface area contributed by atoms with Crippen molar-refractivity contribution >= 4 is 11.8 Å². The molecular weight excluding hydrogens is 240 g/mol. The Morgan fingerprint density at radius 1 is 1.22 bits per heavy atom. The second-order valence-electron chi connectivity index (χ2n) is 4.56. The van der Waals surface area contributed by atoms with E-state index in [-0.39, 0.29) is 6.04 Å². The van der Waals surface area contributed by atoms with E-state index in [4.69, 9.17) is 5.73 Å². The molecule has 0 fully saturated rings. The highest BCUT2D eigenvalue weighted by Gasteiger charge is 2.10. The van der Waals surface area contributed by atoms with Crippen LogP contribution in [0.4, 0.5) is 0 Å². The van der Waals surface area contributed by atoms with Gasteiger partial charge in [-0.05, 0) is 44.0 Å². The van der Waals surface area contributed by atoms with E-state index < -0.39 is 0 Å². The van der Waals surface area contributed by atoms with Crippen LogP contribution in [0.3, 0.4) is 0 Å². The van der Waals surface area contributed by atoms with Crippen molar-refractivity contribution < 1.29 is 0 Å². The molecule has 2 nitrogen and oxygen atoms in total. The van der Waals surface area contributed by atoms with Gasteiger partial charge in [0.15, 0.2) is 0 Å². The number of benzene rings is 1. The number of rotatable bonds is 3. The van der Waals surface area contributed by atoms with Gasteiger partial charge in [-0.1, -0.05) is 30.0 Å². The Labute approximate surface area is 113 Å². The lowest BCUT2D eigenvalue weighted by Gasteiger charge is -2.12. The van der Waals surface area contributed by atoms with Gasteiger partial charge < -0.3 is 5.73 Å². The largest absolute Gasteiger partial charge is 0.324 e. The molecule has 1 aromatic heterocycles. The fourth-order valence-electron chi connectivity index (χ4n) is 1.76. The summed E-state index contributed by atoms with van der Waals surface area (Å²) in [6.45, 7) is 6.22. The van der Waals surface area contributed by atoms with E-state index in [1.54, 1.807) is 11.8 Å². The van der Waals surface area contributed by atoms with E-state index >= 15 is 0 Å². The van der Waals surface area contributed by atoms with Gasteiger partial charge in [-0.3, -0.25) is 0 Å². The third-order valence-corrected chi connectivity index (χ3v) is 4.04. The standard InChI is InChI=1S/C15H18N2S/c1-10-6-7-11(2)14(9-10)18-15-13(12(3)16)5-4-8-17-15/h4-9,12H,16H2,1-3H3/t12-/m1/s1. The van der Waals surface area contributed by atoms with E-state index in [1.165, 1.54) is 16.0 Å². The van der Waals surface area contributed by atoms with Crippen molar-refractivity contribution in [1.29, 1.82) is 0 Å². The lowest BCUT2D eigenvalue weighted by molar-refractivity contribution is 0.779. The van der Waals surface area contributed by atoms with Gasteiger partial charge in [-0.2, -0.15) is 0 Å². The van der Waals surface area contributed by atoms with Crippen LogP contribution in [0.25, 0.3) is 0 Å². The zero-order valence-electron chi connectivity index (χ0n) is 11.0. The fourth-order valence-corrected chi connectivity index (χ4v) is 2.92. The average Bonchev–Trinajstić information content (AvgIpc) is 2.34. The Morgan fingerprint density at radius 3 is 2.72 bits per heavy atom. The number of hydrogen-bond donors (Lipinski definition) is 1. The van der Waals surface area contributed by atoms with Crippen LogP contribution in [0.1, 0.15) is 29.7 Å². The van der Waals surface area contributed by atoms with Crippen LogP contribution >= 0.6 is 11.8 Å². The molecule has 0 saturated heterocycles. The molecule has 1 heterocycles. The van der Waals surface area contributed by atoms with Crippen molar-refractivity contribution in [2.75, 3.05) is 0 Å². The summed E-state index contributed by atoms with van der Waals surface area (Å²) in [4.78, 5) is 5.69. The average molecular weight is 258 g/mol. The van der Waals surface area contributed by atoms with E-state index in [0.717, 1.165) is 10.6 Å². The number of hydrogen-bond acceptors (Lipinski definition) is 3. The molecule has 0 bridgehead atoms. The van der Waals surface area contributed by atoms with Crippen molar-refractivity contribution in [2.24, 2.45) is 5.73 Å². The van der Waals surface area contributed by atoms with Gasteiger partial charge in [0.1, 0.15) is 5.03 Å². The molecule has 0 aliphatic heterocycles. The maximum Gasteiger partial charge on any atom is 0.105 e. The number of nitrogens with two attached hydrogens (primary N) is 1. The minimum atomic E-state index is 0.00585. The number of aryl methyl sites for hydroxylation is 2. The molecule has 0 radical (unpaired) electrons. The molecule has 18 heavy (non-hydrogen) atoms. The van der Waals surface area contributed by atoms with Crippen molar-refractivity contribution in [2.45, 2.75) is 36.7 Å². The van der Waals surface area contributed by atoms with Crippen LogP contribution in [0.2, 0.25) is 0 Å². The monoisotopic (exact) mass is 258 g/mol. The molecule has 1 aromatic carbocycles. The predicted octanol–water partition coefficient (Wildman–Crippen LogP) is 3.87. The summed E-state index contributed by atoms with van der Waals surface area (Å²) in [5, 5.41) is 1.00. The summed E-state index contributed by atoms with van der Waals surface area (Å²) >= 11 is 1.69. The molecule has 0 aliphatic rings. The summed E-state index contributed by atoms with van der Waals surface area (Å²) in [5.41, 5.74) is 9.62. The minimum absolute atomic E-state index is 0.00585. The van der Waals surface area contributed by atoms with Crippen molar-refractivity contribution in [1.82, 2.24) is 4.98 Å². The van der Waals surface area contributed by atoms with Crippen LogP contribution < -0.4 is 5.73 Å². The first-order valence-corrected chi connectivity index (χ1v) is 6.85. The molecule has 0 amide bonds. The molecule has 2 N–H and O–H groups in total. The second kappa shape index (κ2) is 5.55. The molecule has 3 heteroatoms. The number of aromatic nitrogens is 1. The van der Waals surface area contributed by atoms with Gasteiger partial charge in [0.2, 0.25) is 0 Å². The summed E-state index contributed by atoms with van der Waals surface area (Å²) in [6.07, 6.45) is 1.82. The van der Waals surface area contributed by atoms with Crippen LogP contribution in [0, 0.1) is 13.8 Å². The van der Waals surface area contributed by atoms with Gasteiger partial charge in [-0.25, -0.2) is 4.98 Å². The third-order valence-electron chi connectivity index (χ3n) is 2.84. The van der Waals surface area contributed by atoms with Crippen molar-refractivity contribution in [3.63, 3.8) is 0 Å². The third kappa shape index (κ3) is 2.92. The Bertz CT molecular complexity index is 550. The highest BCUT2D eigenvalue weighted by Crippen LogP contribution is 2.33. The lowest BCUT2D eigenvalue weighted by atomic mass is 10.2. The molecular formula is C15H18N2S. The van der Waals surface area contributed by atoms with Gasteiger partial charge >= 0.3 is 0 Å². The first-order chi connectivity index (χ1) is 8.58. The highest BCUT2D eigenvalue weighted by atomic mass is 32.2. The molecule has 0 spiro atoms. The maximum atomic E-state index is 5.98. The normalized spacial score (nSPS) is 12.4. The summed E-state index contributed by atoms with van der Waals surface area (Å²) in [5.74, 6) is 0. The zero-order valence-corrected chi connectivity index (χ0v) is 11.8. The first kappa shape index (κ1) is 13.1.